The van der Waals surface area contributed by atoms with Crippen LogP contribution in [0.25, 0.3) is 10.9 Å². The maximum Gasteiger partial charge on any atom is 0.281 e. The van der Waals surface area contributed by atoms with Gasteiger partial charge in [-0.05, 0) is 37.6 Å². The van der Waals surface area contributed by atoms with Crippen molar-refractivity contribution in [3.63, 3.8) is 0 Å². The second kappa shape index (κ2) is 11.4. The van der Waals surface area contributed by atoms with Crippen molar-refractivity contribution in [3.8, 4) is 0 Å². The van der Waals surface area contributed by atoms with Gasteiger partial charge in [0, 0.05) is 58.3 Å². The number of piperazine rings is 1. The summed E-state index contributed by atoms with van der Waals surface area (Å²) in [6.07, 6.45) is 5.64. The Morgan fingerprint density at radius 3 is 2.50 bits per heavy atom. The summed E-state index contributed by atoms with van der Waals surface area (Å²) >= 11 is 7.28. The normalized spacial score (nSPS) is 14.4. The molecular formula is C27H32ClN9O2S. The van der Waals surface area contributed by atoms with E-state index in [1.165, 1.54) is 11.9 Å². The van der Waals surface area contributed by atoms with Crippen LogP contribution in [0, 0.1) is 6.92 Å². The Balaban J connectivity index is 1.49. The molecule has 4 aromatic rings. The average Bonchev–Trinajstić information content (AvgIpc) is 3.38. The molecule has 1 unspecified atom stereocenters. The van der Waals surface area contributed by atoms with Gasteiger partial charge in [0.05, 0.1) is 34.5 Å². The van der Waals surface area contributed by atoms with E-state index in [2.05, 4.69) is 29.9 Å². The molecule has 3 aromatic heterocycles. The van der Waals surface area contributed by atoms with Gasteiger partial charge in [-0.1, -0.05) is 29.6 Å². The van der Waals surface area contributed by atoms with Crippen LogP contribution in [0.4, 0.5) is 17.3 Å². The molecule has 210 valence electrons. The average molecular weight is 582 g/mol. The van der Waals surface area contributed by atoms with Crippen LogP contribution in [-0.4, -0.2) is 62.7 Å². The molecule has 40 heavy (non-hydrogen) atoms. The number of pyridine rings is 1. The molecule has 5 rings (SSSR count). The number of nitrogens with zero attached hydrogens (tertiary/aromatic N) is 7. The second-order valence-electron chi connectivity index (χ2n) is 9.90. The quantitative estimate of drug-likeness (QED) is 0.250. The van der Waals surface area contributed by atoms with Crippen LogP contribution in [0.2, 0.25) is 5.15 Å². The molecular weight excluding hydrogens is 550 g/mol. The van der Waals surface area contributed by atoms with E-state index >= 15 is 0 Å². The zero-order valence-electron chi connectivity index (χ0n) is 23.1. The molecule has 0 aliphatic carbocycles. The van der Waals surface area contributed by atoms with E-state index in [-0.39, 0.29) is 28.4 Å². The van der Waals surface area contributed by atoms with Gasteiger partial charge in [0.1, 0.15) is 5.15 Å². The van der Waals surface area contributed by atoms with Crippen molar-refractivity contribution in [2.24, 2.45) is 14.1 Å². The Bertz CT molecular complexity index is 1630. The number of carbonyl (C=O) groups is 1. The molecule has 0 bridgehead atoms. The molecule has 1 fully saturated rings. The summed E-state index contributed by atoms with van der Waals surface area (Å²) < 4.78 is 6.14. The zero-order valence-corrected chi connectivity index (χ0v) is 24.7. The molecule has 1 aliphatic rings. The lowest BCUT2D eigenvalue weighted by molar-refractivity contribution is 0.0980. The molecule has 1 aliphatic heterocycles. The van der Waals surface area contributed by atoms with Crippen LogP contribution in [-0.2, 0) is 14.1 Å². The summed E-state index contributed by atoms with van der Waals surface area (Å²) in [5.41, 5.74) is 4.16. The number of nitrogens with one attached hydrogen (secondary N) is 2. The number of fused-ring (bicyclic) bond motifs is 1. The lowest BCUT2D eigenvalue weighted by Gasteiger charge is -2.36. The van der Waals surface area contributed by atoms with Crippen LogP contribution < -0.4 is 25.4 Å². The van der Waals surface area contributed by atoms with Crippen molar-refractivity contribution in [2.75, 3.05) is 47.6 Å². The minimum absolute atomic E-state index is 0.0972. The Morgan fingerprint density at radius 2 is 1.82 bits per heavy atom. The predicted molar refractivity (Wildman–Crippen MR) is 162 cm³/mol. The maximum absolute atomic E-state index is 13.6. The highest BCUT2D eigenvalue weighted by Gasteiger charge is 2.24. The van der Waals surface area contributed by atoms with Crippen molar-refractivity contribution >= 4 is 57.7 Å². The lowest BCUT2D eigenvalue weighted by atomic mass is 10.0. The van der Waals surface area contributed by atoms with Gasteiger partial charge in [-0.2, -0.15) is 5.10 Å². The van der Waals surface area contributed by atoms with E-state index < -0.39 is 0 Å². The third kappa shape index (κ3) is 5.46. The summed E-state index contributed by atoms with van der Waals surface area (Å²) in [7, 11) is 3.68. The first-order valence-electron chi connectivity index (χ1n) is 12.9. The Labute approximate surface area is 241 Å². The van der Waals surface area contributed by atoms with Gasteiger partial charge in [0.25, 0.3) is 11.5 Å². The topological polar surface area (TPSA) is 113 Å². The van der Waals surface area contributed by atoms with Crippen LogP contribution in [0.5, 0.6) is 0 Å². The van der Waals surface area contributed by atoms with Crippen molar-refractivity contribution in [3.05, 3.63) is 69.0 Å². The van der Waals surface area contributed by atoms with Crippen molar-refractivity contribution < 1.29 is 4.79 Å². The Morgan fingerprint density at radius 1 is 1.10 bits per heavy atom. The lowest BCUT2D eigenvalue weighted by Crippen LogP contribution is -2.48. The number of amides is 1. The molecule has 2 N–H and O–H groups in total. The number of hydrogen-bond acceptors (Lipinski definition) is 9. The summed E-state index contributed by atoms with van der Waals surface area (Å²) in [4.78, 5) is 40.0. The van der Waals surface area contributed by atoms with Crippen LogP contribution in [0.3, 0.4) is 0 Å². The van der Waals surface area contributed by atoms with E-state index in [0.29, 0.717) is 22.5 Å². The van der Waals surface area contributed by atoms with Gasteiger partial charge in [-0.3, -0.25) is 23.6 Å². The van der Waals surface area contributed by atoms with Crippen molar-refractivity contribution in [1.29, 1.82) is 0 Å². The van der Waals surface area contributed by atoms with Gasteiger partial charge in [-0.25, -0.2) is 9.97 Å². The molecule has 13 heteroatoms. The molecule has 1 aromatic carbocycles. The Hall–Kier alpha value is -3.77. The summed E-state index contributed by atoms with van der Waals surface area (Å²) in [6, 6.07) is 6.99. The minimum atomic E-state index is -0.349. The first-order chi connectivity index (χ1) is 19.2. The molecule has 0 saturated carbocycles. The van der Waals surface area contributed by atoms with Gasteiger partial charge >= 0.3 is 0 Å². The number of halogens is 1. The molecule has 0 spiro atoms. The molecule has 1 saturated heterocycles. The third-order valence-corrected chi connectivity index (χ3v) is 7.66. The number of aromatic nitrogens is 5. The predicted octanol–water partition coefficient (Wildman–Crippen LogP) is 3.53. The maximum atomic E-state index is 13.6. The number of rotatable bonds is 7. The van der Waals surface area contributed by atoms with E-state index in [9.17, 15) is 9.59 Å². The largest absolute Gasteiger partial charge is 0.377 e. The van der Waals surface area contributed by atoms with Crippen molar-refractivity contribution in [2.45, 2.75) is 19.9 Å². The van der Waals surface area contributed by atoms with Gasteiger partial charge in [0.15, 0.2) is 5.69 Å². The fraction of sp³-hybridized carbons (Fsp3) is 0.370. The first-order valence-corrected chi connectivity index (χ1v) is 14.5. The number of carbonyl (C=O) groups excluding carboxylic acids is 1. The fourth-order valence-electron chi connectivity index (χ4n) is 5.07. The van der Waals surface area contributed by atoms with Crippen LogP contribution in [0.1, 0.15) is 34.6 Å². The number of anilines is 3. The summed E-state index contributed by atoms with van der Waals surface area (Å²) in [6.45, 7) is 6.97. The highest BCUT2D eigenvalue weighted by molar-refractivity contribution is 7.97. The van der Waals surface area contributed by atoms with Crippen LogP contribution >= 0.6 is 23.5 Å². The highest BCUT2D eigenvalue weighted by atomic mass is 35.5. The SMILES string of the molecule is CSNC(=O)c1nc(Cl)ccc1NC(C)c1cc(C)cc2c(=O)n(C)c(N3CCN(c4cnn(C)c4)CC3)nc12. The van der Waals surface area contributed by atoms with E-state index in [0.717, 1.165) is 43.0 Å². The van der Waals surface area contributed by atoms with E-state index in [1.807, 2.05) is 45.4 Å². The van der Waals surface area contributed by atoms with Gasteiger partial charge in [-0.15, -0.1) is 0 Å². The fourth-order valence-corrected chi connectivity index (χ4v) is 5.50. The highest BCUT2D eigenvalue weighted by Crippen LogP contribution is 2.29. The number of aryl methyl sites for hydroxylation is 2. The van der Waals surface area contributed by atoms with Crippen LogP contribution in [0.15, 0.2) is 41.5 Å². The second-order valence-corrected chi connectivity index (χ2v) is 10.9. The van der Waals surface area contributed by atoms with Gasteiger partial charge in [0.2, 0.25) is 5.95 Å². The smallest absolute Gasteiger partial charge is 0.281 e. The standard InChI is InChI=1S/C27H32ClN9O2S/c1-16-12-19(17(2)30-21-6-7-22(28)31-24(21)25(38)33-40-5)23-20(13-16)26(39)35(4)27(32-23)37-10-8-36(9-11-37)18-14-29-34(3)15-18/h6-7,12-15,17,30H,8-11H2,1-5H3,(H,33,38). The number of benzene rings is 1. The molecule has 11 nitrogen and oxygen atoms in total. The summed E-state index contributed by atoms with van der Waals surface area (Å²) in [5.74, 6) is 0.285. The van der Waals surface area contributed by atoms with E-state index in [1.54, 1.807) is 34.7 Å². The molecule has 1 amide bonds. The molecule has 1 atom stereocenters. The minimum Gasteiger partial charge on any atom is -0.377 e. The van der Waals surface area contributed by atoms with Gasteiger partial charge < -0.3 is 15.1 Å². The Kier molecular flexibility index (Phi) is 7.90. The number of hydrogen-bond donors (Lipinski definition) is 2. The molecule has 0 radical (unpaired) electrons. The zero-order chi connectivity index (χ0) is 28.6. The van der Waals surface area contributed by atoms with Crippen molar-refractivity contribution in [1.82, 2.24) is 29.0 Å². The monoisotopic (exact) mass is 581 g/mol. The third-order valence-electron chi connectivity index (χ3n) is 7.06. The summed E-state index contributed by atoms with van der Waals surface area (Å²) in [5, 5.41) is 8.47. The first kappa shape index (κ1) is 27.8. The molecule has 4 heterocycles. The van der Waals surface area contributed by atoms with E-state index in [4.69, 9.17) is 16.6 Å².